The number of nitrogens with zero attached hydrogens (tertiary/aromatic N) is 2. The monoisotopic (exact) mass is 505 g/mol. The Morgan fingerprint density at radius 3 is 2.11 bits per heavy atom. The van der Waals surface area contributed by atoms with Gasteiger partial charge in [-0.2, -0.15) is 0 Å². The van der Waals surface area contributed by atoms with Gasteiger partial charge >= 0.3 is 0 Å². The second-order valence-corrected chi connectivity index (χ2v) is 9.95. The third-order valence-corrected chi connectivity index (χ3v) is 6.84. The molecular weight excluding hydrogens is 474 g/mol. The summed E-state index contributed by atoms with van der Waals surface area (Å²) in [6.07, 6.45) is 0.363. The molecule has 6 nitrogen and oxygen atoms in total. The Labute approximate surface area is 222 Å². The van der Waals surface area contributed by atoms with Crippen LogP contribution in [0.2, 0.25) is 0 Å². The predicted octanol–water partition coefficient (Wildman–Crippen LogP) is 4.96. The van der Waals surface area contributed by atoms with Crippen LogP contribution in [0.1, 0.15) is 35.3 Å². The first-order valence-electron chi connectivity index (χ1n) is 12.9. The zero-order valence-electron chi connectivity index (χ0n) is 21.6. The number of nitrogens with one attached hydrogen (secondary N) is 1. The van der Waals surface area contributed by atoms with Crippen molar-refractivity contribution in [3.63, 3.8) is 0 Å². The highest BCUT2D eigenvalue weighted by Gasteiger charge is 2.35. The molecule has 1 aliphatic heterocycles. The Balaban J connectivity index is 1.50. The Bertz CT molecular complexity index is 1460. The predicted molar refractivity (Wildman–Crippen MR) is 150 cm³/mol. The molecule has 0 radical (unpaired) electrons. The molecule has 3 amide bonds. The van der Waals surface area contributed by atoms with Crippen molar-refractivity contribution in [3.8, 4) is 0 Å². The molecule has 38 heavy (non-hydrogen) atoms. The van der Waals surface area contributed by atoms with Crippen molar-refractivity contribution in [2.75, 3.05) is 11.4 Å². The summed E-state index contributed by atoms with van der Waals surface area (Å²) in [5.74, 6) is -0.700. The molecule has 0 fully saturated rings. The minimum Gasteiger partial charge on any atom is -0.352 e. The zero-order chi connectivity index (χ0) is 26.6. The summed E-state index contributed by atoms with van der Waals surface area (Å²) in [4.78, 5) is 44.2. The summed E-state index contributed by atoms with van der Waals surface area (Å²) in [5, 5.41) is 4.83. The number of carbonyl (C=O) groups excluding carboxylic acids is 3. The van der Waals surface area contributed by atoms with Gasteiger partial charge in [0.2, 0.25) is 11.8 Å². The molecule has 1 N–H and O–H groups in total. The number of hydrogen-bond acceptors (Lipinski definition) is 3. The van der Waals surface area contributed by atoms with E-state index in [2.05, 4.69) is 5.32 Å². The summed E-state index contributed by atoms with van der Waals surface area (Å²) in [7, 11) is 0. The number of anilines is 1. The van der Waals surface area contributed by atoms with E-state index in [1.165, 1.54) is 4.90 Å². The molecule has 192 valence electrons. The molecule has 0 unspecified atom stereocenters. The summed E-state index contributed by atoms with van der Waals surface area (Å²) in [6, 6.07) is 29.9. The van der Waals surface area contributed by atoms with Crippen LogP contribution in [0.5, 0.6) is 0 Å². The number of carbonyl (C=O) groups is 3. The highest BCUT2D eigenvalue weighted by Crippen LogP contribution is 2.37. The zero-order valence-corrected chi connectivity index (χ0v) is 21.6. The van der Waals surface area contributed by atoms with Crippen LogP contribution in [0.3, 0.4) is 0 Å². The van der Waals surface area contributed by atoms with Crippen LogP contribution in [0.15, 0.2) is 97.1 Å². The Morgan fingerprint density at radius 2 is 1.45 bits per heavy atom. The molecule has 1 aliphatic rings. The lowest BCUT2D eigenvalue weighted by Crippen LogP contribution is -2.54. The summed E-state index contributed by atoms with van der Waals surface area (Å²) < 4.78 is 0. The van der Waals surface area contributed by atoms with Crippen molar-refractivity contribution in [1.29, 1.82) is 0 Å². The molecule has 0 aromatic heterocycles. The minimum atomic E-state index is -0.747. The van der Waals surface area contributed by atoms with Crippen molar-refractivity contribution in [2.24, 2.45) is 0 Å². The molecule has 1 atom stereocenters. The lowest BCUT2D eigenvalue weighted by molar-refractivity contribution is -0.140. The van der Waals surface area contributed by atoms with Gasteiger partial charge in [-0.05, 0) is 42.5 Å². The fraction of sp³-hybridized carbons (Fsp3) is 0.219. The molecular formula is C32H31N3O3. The molecule has 4 aromatic carbocycles. The first-order valence-corrected chi connectivity index (χ1v) is 12.9. The highest BCUT2D eigenvalue weighted by molar-refractivity contribution is 6.26. The van der Waals surface area contributed by atoms with Gasteiger partial charge in [0.25, 0.3) is 5.91 Å². The number of rotatable bonds is 9. The van der Waals surface area contributed by atoms with Crippen LogP contribution < -0.4 is 10.2 Å². The average Bonchev–Trinajstić information content (AvgIpc) is 3.19. The number of benzene rings is 4. The molecule has 5 rings (SSSR count). The maximum absolute atomic E-state index is 14.1. The Morgan fingerprint density at radius 1 is 0.816 bits per heavy atom. The van der Waals surface area contributed by atoms with E-state index in [1.54, 1.807) is 11.0 Å². The molecule has 4 aromatic rings. The third-order valence-electron chi connectivity index (χ3n) is 6.84. The van der Waals surface area contributed by atoms with Gasteiger partial charge in [-0.1, -0.05) is 84.9 Å². The van der Waals surface area contributed by atoms with Gasteiger partial charge in [-0.15, -0.1) is 0 Å². The molecule has 1 heterocycles. The first kappa shape index (κ1) is 25.2. The number of hydrogen-bond donors (Lipinski definition) is 1. The number of amides is 3. The summed E-state index contributed by atoms with van der Waals surface area (Å²) in [5.41, 5.74) is 3.19. The van der Waals surface area contributed by atoms with Crippen molar-refractivity contribution >= 4 is 34.2 Å². The quantitative estimate of drug-likeness (QED) is 0.349. The second kappa shape index (κ2) is 10.9. The largest absolute Gasteiger partial charge is 0.352 e. The second-order valence-electron chi connectivity index (χ2n) is 9.95. The van der Waals surface area contributed by atoms with E-state index in [4.69, 9.17) is 0 Å². The van der Waals surface area contributed by atoms with Crippen molar-refractivity contribution in [1.82, 2.24) is 10.2 Å². The van der Waals surface area contributed by atoms with E-state index >= 15 is 0 Å². The van der Waals surface area contributed by atoms with Crippen molar-refractivity contribution in [2.45, 2.75) is 38.9 Å². The van der Waals surface area contributed by atoms with Gasteiger partial charge < -0.3 is 10.2 Å². The first-order chi connectivity index (χ1) is 18.4. The standard InChI is InChI=1S/C32H31N3O3/c1-22(2)33-31(37)28(19-23-11-5-3-6-12-23)34(20-24-13-7-4-8-14-24)29(36)21-35-27-18-10-16-25-15-9-17-26(30(25)27)32(35)38/h3-18,22,28H,19-21H2,1-2H3,(H,33,37)/t28-/m1/s1. The van der Waals surface area contributed by atoms with Gasteiger partial charge in [-0.3, -0.25) is 19.3 Å². The van der Waals surface area contributed by atoms with Crippen LogP contribution in [0.25, 0.3) is 10.8 Å². The Hall–Kier alpha value is -4.45. The average molecular weight is 506 g/mol. The third kappa shape index (κ3) is 5.16. The van der Waals surface area contributed by atoms with Gasteiger partial charge in [0.1, 0.15) is 12.6 Å². The summed E-state index contributed by atoms with van der Waals surface area (Å²) in [6.45, 7) is 3.91. The van der Waals surface area contributed by atoms with E-state index < -0.39 is 6.04 Å². The van der Waals surface area contributed by atoms with E-state index in [-0.39, 0.29) is 36.9 Å². The molecule has 6 heteroatoms. The molecule has 0 spiro atoms. The van der Waals surface area contributed by atoms with Crippen LogP contribution in [-0.2, 0) is 22.6 Å². The van der Waals surface area contributed by atoms with E-state index in [0.717, 1.165) is 27.6 Å². The van der Waals surface area contributed by atoms with Gasteiger partial charge in [-0.25, -0.2) is 0 Å². The fourth-order valence-electron chi connectivity index (χ4n) is 5.08. The van der Waals surface area contributed by atoms with E-state index in [1.807, 2.05) is 105 Å². The normalized spacial score (nSPS) is 13.1. The van der Waals surface area contributed by atoms with Crippen molar-refractivity contribution < 1.29 is 14.4 Å². The lowest BCUT2D eigenvalue weighted by Gasteiger charge is -2.33. The van der Waals surface area contributed by atoms with Crippen LogP contribution in [0.4, 0.5) is 5.69 Å². The SMILES string of the molecule is CC(C)NC(=O)[C@@H](Cc1ccccc1)N(Cc1ccccc1)C(=O)CN1C(=O)c2cccc3cccc1c23. The van der Waals surface area contributed by atoms with Gasteiger partial charge in [0.15, 0.2) is 0 Å². The van der Waals surface area contributed by atoms with Crippen LogP contribution >= 0.6 is 0 Å². The Kier molecular flexibility index (Phi) is 7.22. The maximum Gasteiger partial charge on any atom is 0.259 e. The smallest absolute Gasteiger partial charge is 0.259 e. The molecule has 0 saturated heterocycles. The van der Waals surface area contributed by atoms with Crippen molar-refractivity contribution in [3.05, 3.63) is 114 Å². The van der Waals surface area contributed by atoms with Crippen LogP contribution in [-0.4, -0.2) is 41.2 Å². The molecule has 0 bridgehead atoms. The summed E-state index contributed by atoms with van der Waals surface area (Å²) >= 11 is 0. The topological polar surface area (TPSA) is 69.7 Å². The fourth-order valence-corrected chi connectivity index (χ4v) is 5.08. The molecule has 0 saturated carbocycles. The minimum absolute atomic E-state index is 0.0817. The van der Waals surface area contributed by atoms with Crippen LogP contribution in [0, 0.1) is 0 Å². The maximum atomic E-state index is 14.1. The van der Waals surface area contributed by atoms with Gasteiger partial charge in [0.05, 0.1) is 5.69 Å². The molecule has 0 aliphatic carbocycles. The van der Waals surface area contributed by atoms with Gasteiger partial charge in [0, 0.05) is 30.0 Å². The van der Waals surface area contributed by atoms with E-state index in [9.17, 15) is 14.4 Å². The lowest BCUT2D eigenvalue weighted by atomic mass is 10.0. The highest BCUT2D eigenvalue weighted by atomic mass is 16.2. The van der Waals surface area contributed by atoms with E-state index in [0.29, 0.717) is 12.0 Å².